The molecule has 0 aliphatic carbocycles. The highest BCUT2D eigenvalue weighted by atomic mass is 127. The number of halogens is 1. The minimum absolute atomic E-state index is 0.0556. The van der Waals surface area contributed by atoms with Crippen LogP contribution in [-0.4, -0.2) is 18.5 Å². The molecule has 1 aromatic rings. The number of rotatable bonds is 2. The van der Waals surface area contributed by atoms with Crippen LogP contribution in [0.1, 0.15) is 23.7 Å². The average Bonchev–Trinajstić information content (AvgIpc) is 2.65. The fraction of sp³-hybridized carbons (Fsp3) is 0.417. The molecule has 0 amide bonds. The zero-order valence-electron chi connectivity index (χ0n) is 8.57. The van der Waals surface area contributed by atoms with Crippen molar-refractivity contribution in [3.8, 4) is 0 Å². The largest absolute Gasteiger partial charge is 0.378 e. The van der Waals surface area contributed by atoms with Gasteiger partial charge in [-0.1, -0.05) is 12.1 Å². The number of ketones is 1. The van der Waals surface area contributed by atoms with Gasteiger partial charge in [0.25, 0.3) is 0 Å². The Hall–Kier alpha value is -0.420. The highest BCUT2D eigenvalue weighted by Gasteiger charge is 2.28. The van der Waals surface area contributed by atoms with E-state index in [-0.39, 0.29) is 17.8 Å². The van der Waals surface area contributed by atoms with Gasteiger partial charge in [-0.25, -0.2) is 0 Å². The predicted octanol–water partition coefficient (Wildman–Crippen LogP) is 2.90. The van der Waals surface area contributed by atoms with Gasteiger partial charge >= 0.3 is 0 Å². The van der Waals surface area contributed by atoms with Crippen molar-refractivity contribution in [2.75, 3.05) is 6.61 Å². The Morgan fingerprint density at radius 1 is 1.40 bits per heavy atom. The molecular weight excluding hydrogens is 303 g/mol. The van der Waals surface area contributed by atoms with Crippen molar-refractivity contribution >= 4 is 28.4 Å². The molecule has 1 heterocycles. The number of benzene rings is 1. The van der Waals surface area contributed by atoms with E-state index in [1.165, 1.54) is 0 Å². The second-order valence-corrected chi connectivity index (χ2v) is 5.19. The van der Waals surface area contributed by atoms with E-state index in [2.05, 4.69) is 22.6 Å². The van der Waals surface area contributed by atoms with Crippen LogP contribution >= 0.6 is 22.6 Å². The van der Waals surface area contributed by atoms with Crippen LogP contribution < -0.4 is 0 Å². The van der Waals surface area contributed by atoms with Gasteiger partial charge in [-0.3, -0.25) is 4.79 Å². The van der Waals surface area contributed by atoms with Crippen LogP contribution in [0, 0.1) is 9.49 Å². The van der Waals surface area contributed by atoms with Gasteiger partial charge in [0.15, 0.2) is 5.78 Å². The summed E-state index contributed by atoms with van der Waals surface area (Å²) in [6.07, 6.45) is 1.08. The fourth-order valence-electron chi connectivity index (χ4n) is 1.85. The van der Waals surface area contributed by atoms with Crippen molar-refractivity contribution in [1.29, 1.82) is 0 Å². The van der Waals surface area contributed by atoms with E-state index in [0.717, 1.165) is 15.6 Å². The first-order valence-electron chi connectivity index (χ1n) is 5.08. The van der Waals surface area contributed by atoms with E-state index in [1.807, 2.05) is 31.2 Å². The van der Waals surface area contributed by atoms with Crippen LogP contribution in [0.25, 0.3) is 0 Å². The first-order chi connectivity index (χ1) is 7.16. The summed E-state index contributed by atoms with van der Waals surface area (Å²) < 4.78 is 6.56. The third kappa shape index (κ3) is 2.58. The van der Waals surface area contributed by atoms with Gasteiger partial charge in [-0.05, 0) is 48.1 Å². The maximum atomic E-state index is 12.0. The smallest absolute Gasteiger partial charge is 0.168 e. The summed E-state index contributed by atoms with van der Waals surface area (Å²) in [7, 11) is 0. The minimum Gasteiger partial charge on any atom is -0.378 e. The van der Waals surface area contributed by atoms with Crippen LogP contribution in [0.4, 0.5) is 0 Å². The van der Waals surface area contributed by atoms with Crippen LogP contribution in [-0.2, 0) is 4.74 Å². The number of carbonyl (C=O) groups excluding carboxylic acids is 1. The van der Waals surface area contributed by atoms with Crippen molar-refractivity contribution in [2.45, 2.75) is 19.4 Å². The molecule has 0 saturated carbocycles. The molecule has 1 aromatic carbocycles. The first kappa shape index (κ1) is 11.1. The Kier molecular flexibility index (Phi) is 3.41. The molecule has 0 N–H and O–H groups in total. The third-order valence-electron chi connectivity index (χ3n) is 2.70. The number of carbonyl (C=O) groups is 1. The van der Waals surface area contributed by atoms with E-state index in [1.54, 1.807) is 0 Å². The van der Waals surface area contributed by atoms with Crippen molar-refractivity contribution in [2.24, 2.45) is 5.92 Å². The standard InChI is InChI=1S/C12H13IO2/c1-8-6-10(7-15-8)12(14)9-2-4-11(13)5-3-9/h2-5,8,10H,6-7H2,1H3. The van der Waals surface area contributed by atoms with E-state index in [0.29, 0.717) is 6.61 Å². The van der Waals surface area contributed by atoms with Gasteiger partial charge < -0.3 is 4.74 Å². The van der Waals surface area contributed by atoms with Gasteiger partial charge in [0.1, 0.15) is 0 Å². The summed E-state index contributed by atoms with van der Waals surface area (Å²) in [5, 5.41) is 0. The van der Waals surface area contributed by atoms with Crippen LogP contribution in [0.3, 0.4) is 0 Å². The highest BCUT2D eigenvalue weighted by molar-refractivity contribution is 14.1. The summed E-state index contributed by atoms with van der Waals surface area (Å²) in [5.41, 5.74) is 0.804. The lowest BCUT2D eigenvalue weighted by Gasteiger charge is -2.06. The molecule has 15 heavy (non-hydrogen) atoms. The molecule has 0 bridgehead atoms. The molecule has 1 saturated heterocycles. The van der Waals surface area contributed by atoms with Crippen LogP contribution in [0.15, 0.2) is 24.3 Å². The Morgan fingerprint density at radius 3 is 2.60 bits per heavy atom. The van der Waals surface area contributed by atoms with Gasteiger partial charge in [0.2, 0.25) is 0 Å². The molecule has 0 radical (unpaired) electrons. The molecule has 1 aliphatic rings. The maximum absolute atomic E-state index is 12.0. The zero-order valence-corrected chi connectivity index (χ0v) is 10.7. The number of hydrogen-bond acceptors (Lipinski definition) is 2. The SMILES string of the molecule is CC1CC(C(=O)c2ccc(I)cc2)CO1. The molecule has 3 heteroatoms. The molecular formula is C12H13IO2. The minimum atomic E-state index is 0.0556. The Bertz CT molecular complexity index is 358. The molecule has 1 fully saturated rings. The lowest BCUT2D eigenvalue weighted by Crippen LogP contribution is -2.14. The molecule has 0 spiro atoms. The third-order valence-corrected chi connectivity index (χ3v) is 3.42. The number of ether oxygens (including phenoxy) is 1. The Morgan fingerprint density at radius 2 is 2.07 bits per heavy atom. The predicted molar refractivity (Wildman–Crippen MR) is 67.0 cm³/mol. The second-order valence-electron chi connectivity index (χ2n) is 3.95. The summed E-state index contributed by atoms with van der Waals surface area (Å²) in [6.45, 7) is 2.59. The van der Waals surface area contributed by atoms with E-state index < -0.39 is 0 Å². The van der Waals surface area contributed by atoms with E-state index in [4.69, 9.17) is 4.74 Å². The van der Waals surface area contributed by atoms with Gasteiger partial charge in [0.05, 0.1) is 12.7 Å². The summed E-state index contributed by atoms with van der Waals surface area (Å²) in [6, 6.07) is 7.72. The van der Waals surface area contributed by atoms with Crippen molar-refractivity contribution < 1.29 is 9.53 Å². The van der Waals surface area contributed by atoms with E-state index in [9.17, 15) is 4.79 Å². The Labute approximate surface area is 103 Å². The summed E-state index contributed by atoms with van der Waals surface area (Å²) >= 11 is 2.24. The maximum Gasteiger partial charge on any atom is 0.168 e. The lowest BCUT2D eigenvalue weighted by molar-refractivity contribution is 0.0877. The highest BCUT2D eigenvalue weighted by Crippen LogP contribution is 2.23. The quantitative estimate of drug-likeness (QED) is 0.619. The molecule has 2 nitrogen and oxygen atoms in total. The lowest BCUT2D eigenvalue weighted by atomic mass is 9.95. The fourth-order valence-corrected chi connectivity index (χ4v) is 2.21. The van der Waals surface area contributed by atoms with E-state index >= 15 is 0 Å². The van der Waals surface area contributed by atoms with Crippen molar-refractivity contribution in [1.82, 2.24) is 0 Å². The van der Waals surface area contributed by atoms with Gasteiger partial charge in [-0.2, -0.15) is 0 Å². The monoisotopic (exact) mass is 316 g/mol. The first-order valence-corrected chi connectivity index (χ1v) is 6.16. The molecule has 2 rings (SSSR count). The molecule has 2 unspecified atom stereocenters. The summed E-state index contributed by atoms with van der Waals surface area (Å²) in [5.74, 6) is 0.274. The van der Waals surface area contributed by atoms with Gasteiger partial charge in [0, 0.05) is 15.1 Å². The Balaban J connectivity index is 2.11. The second kappa shape index (κ2) is 4.61. The average molecular weight is 316 g/mol. The molecule has 1 aliphatic heterocycles. The molecule has 2 atom stereocenters. The van der Waals surface area contributed by atoms with Crippen molar-refractivity contribution in [3.05, 3.63) is 33.4 Å². The van der Waals surface area contributed by atoms with Crippen LogP contribution in [0.2, 0.25) is 0 Å². The zero-order chi connectivity index (χ0) is 10.8. The normalized spacial score (nSPS) is 25.5. The summed E-state index contributed by atoms with van der Waals surface area (Å²) in [4.78, 5) is 12.0. The topological polar surface area (TPSA) is 26.3 Å². The molecule has 80 valence electrons. The molecule has 0 aromatic heterocycles. The number of Topliss-reactive ketones (excluding diaryl/α,β-unsaturated/α-hetero) is 1. The van der Waals surface area contributed by atoms with Crippen molar-refractivity contribution in [3.63, 3.8) is 0 Å². The van der Waals surface area contributed by atoms with Gasteiger partial charge in [-0.15, -0.1) is 0 Å². The van der Waals surface area contributed by atoms with Crippen LogP contribution in [0.5, 0.6) is 0 Å². The number of hydrogen-bond donors (Lipinski definition) is 0.